The van der Waals surface area contributed by atoms with E-state index in [9.17, 15) is 14.4 Å². The summed E-state index contributed by atoms with van der Waals surface area (Å²) in [7, 11) is 1.54. The lowest BCUT2D eigenvalue weighted by molar-refractivity contribution is -0.136. The van der Waals surface area contributed by atoms with E-state index >= 15 is 0 Å². The molecule has 0 saturated heterocycles. The van der Waals surface area contributed by atoms with Crippen LogP contribution >= 0.6 is 11.3 Å². The molecule has 10 heteroatoms. The Balaban J connectivity index is 1.20. The van der Waals surface area contributed by atoms with Crippen molar-refractivity contribution in [1.29, 1.82) is 0 Å². The largest absolute Gasteiger partial charge is 0.493 e. The van der Waals surface area contributed by atoms with Crippen LogP contribution in [0.3, 0.4) is 0 Å². The summed E-state index contributed by atoms with van der Waals surface area (Å²) in [6, 6.07) is 19.4. The van der Waals surface area contributed by atoms with Crippen molar-refractivity contribution in [1.82, 2.24) is 5.43 Å². The van der Waals surface area contributed by atoms with Crippen molar-refractivity contribution in [3.05, 3.63) is 87.8 Å². The zero-order chi connectivity index (χ0) is 28.8. The molecule has 5 rings (SSSR count). The number of carbonyl (C=O) groups excluding carboxylic acids is 3. The van der Waals surface area contributed by atoms with E-state index in [0.29, 0.717) is 34.2 Å². The number of carbonyl (C=O) groups is 3. The summed E-state index contributed by atoms with van der Waals surface area (Å²) in [4.78, 5) is 38.5. The predicted octanol–water partition coefficient (Wildman–Crippen LogP) is 5.24. The molecule has 0 radical (unpaired) electrons. The van der Waals surface area contributed by atoms with E-state index in [-0.39, 0.29) is 6.61 Å². The van der Waals surface area contributed by atoms with Gasteiger partial charge in [-0.3, -0.25) is 9.59 Å². The van der Waals surface area contributed by atoms with Crippen LogP contribution in [0.4, 0.5) is 5.00 Å². The summed E-state index contributed by atoms with van der Waals surface area (Å²) in [6.45, 7) is 2.30. The fourth-order valence-corrected chi connectivity index (χ4v) is 6.02. The van der Waals surface area contributed by atoms with E-state index in [4.69, 9.17) is 14.2 Å². The Morgan fingerprint density at radius 3 is 2.66 bits per heavy atom. The van der Waals surface area contributed by atoms with E-state index in [1.54, 1.807) is 25.1 Å². The van der Waals surface area contributed by atoms with Gasteiger partial charge in [-0.25, -0.2) is 10.2 Å². The molecular formula is C31H29N3O6S. The monoisotopic (exact) mass is 571 g/mol. The molecule has 4 aromatic rings. The number of anilines is 1. The maximum atomic E-state index is 12.6. The minimum atomic E-state index is -0.966. The zero-order valence-corrected chi connectivity index (χ0v) is 23.5. The van der Waals surface area contributed by atoms with Crippen molar-refractivity contribution < 1.29 is 28.6 Å². The third kappa shape index (κ3) is 6.22. The highest BCUT2D eigenvalue weighted by atomic mass is 32.1. The average molecular weight is 572 g/mol. The number of nitrogens with one attached hydrogen (secondary N) is 2. The second kappa shape index (κ2) is 12.6. The van der Waals surface area contributed by atoms with Gasteiger partial charge in [0.05, 0.1) is 25.5 Å². The summed E-state index contributed by atoms with van der Waals surface area (Å²) in [6.07, 6.45) is 3.91. The first-order chi connectivity index (χ1) is 20.0. The van der Waals surface area contributed by atoms with E-state index in [0.717, 1.165) is 46.0 Å². The molecule has 9 nitrogen and oxygen atoms in total. The van der Waals surface area contributed by atoms with Crippen LogP contribution in [-0.4, -0.2) is 37.7 Å². The predicted molar refractivity (Wildman–Crippen MR) is 158 cm³/mol. The van der Waals surface area contributed by atoms with Crippen molar-refractivity contribution in [2.24, 2.45) is 5.10 Å². The number of ether oxygens (including phenoxy) is 3. The molecule has 2 N–H and O–H groups in total. The van der Waals surface area contributed by atoms with Gasteiger partial charge in [-0.2, -0.15) is 5.10 Å². The number of amides is 2. The van der Waals surface area contributed by atoms with Gasteiger partial charge in [-0.05, 0) is 71.8 Å². The molecule has 0 spiro atoms. The number of hydrogen-bond acceptors (Lipinski definition) is 8. The molecule has 41 heavy (non-hydrogen) atoms. The Labute approximate surface area is 241 Å². The molecule has 3 aromatic carbocycles. The number of methoxy groups -OCH3 is 1. The van der Waals surface area contributed by atoms with Gasteiger partial charge in [0.1, 0.15) is 11.6 Å². The van der Waals surface area contributed by atoms with Crippen molar-refractivity contribution in [3.8, 4) is 11.5 Å². The fourth-order valence-electron chi connectivity index (χ4n) is 4.75. The normalized spacial score (nSPS) is 12.2. The molecule has 0 atom stereocenters. The SMILES string of the molecule is CCOC(=O)c1c(NC(=O)C(=O)N/N=C/c2ccc(OCc3cccc4ccccc34)c(OC)c2)sc2c1CCC2. The summed E-state index contributed by atoms with van der Waals surface area (Å²) in [5.41, 5.74) is 5.13. The highest BCUT2D eigenvalue weighted by Gasteiger charge is 2.29. The summed E-state index contributed by atoms with van der Waals surface area (Å²) in [5.74, 6) is -1.34. The van der Waals surface area contributed by atoms with Gasteiger partial charge in [0, 0.05) is 4.88 Å². The first kappa shape index (κ1) is 27.9. The highest BCUT2D eigenvalue weighted by molar-refractivity contribution is 7.17. The standard InChI is InChI=1S/C31H29N3O6S/c1-3-39-31(37)27-23-12-7-13-26(23)41-30(27)33-28(35)29(36)34-32-17-19-14-15-24(25(16-19)38-2)40-18-21-10-6-9-20-8-4-5-11-22(20)21/h4-6,8-11,14-17H,3,7,12-13,18H2,1-2H3,(H,33,35)(H,34,36)/b32-17+. The minimum Gasteiger partial charge on any atom is -0.493 e. The lowest BCUT2D eigenvalue weighted by atomic mass is 10.1. The van der Waals surface area contributed by atoms with Crippen LogP contribution in [0.15, 0.2) is 65.8 Å². The number of thiophene rings is 1. The molecule has 1 aliphatic carbocycles. The van der Waals surface area contributed by atoms with E-state index in [1.165, 1.54) is 24.7 Å². The van der Waals surface area contributed by atoms with Crippen LogP contribution in [0, 0.1) is 0 Å². The second-order valence-electron chi connectivity index (χ2n) is 9.27. The van der Waals surface area contributed by atoms with Crippen LogP contribution in [0.5, 0.6) is 11.5 Å². The van der Waals surface area contributed by atoms with Gasteiger partial charge in [0.25, 0.3) is 0 Å². The summed E-state index contributed by atoms with van der Waals surface area (Å²) in [5, 5.41) is 9.04. The lowest BCUT2D eigenvalue weighted by Crippen LogP contribution is -2.32. The smallest absolute Gasteiger partial charge is 0.341 e. The number of nitrogens with zero attached hydrogens (tertiary/aromatic N) is 1. The molecule has 0 fully saturated rings. The molecule has 210 valence electrons. The third-order valence-electron chi connectivity index (χ3n) is 6.66. The Bertz CT molecular complexity index is 1640. The van der Waals surface area contributed by atoms with Crippen molar-refractivity contribution in [3.63, 3.8) is 0 Å². The molecule has 0 bridgehead atoms. The van der Waals surface area contributed by atoms with Gasteiger partial charge in [0.15, 0.2) is 11.5 Å². The average Bonchev–Trinajstić information content (AvgIpc) is 3.57. The molecule has 1 aromatic heterocycles. The number of aryl methyl sites for hydroxylation is 1. The van der Waals surface area contributed by atoms with Crippen LogP contribution in [0.25, 0.3) is 10.8 Å². The second-order valence-corrected chi connectivity index (χ2v) is 10.4. The van der Waals surface area contributed by atoms with Crippen molar-refractivity contribution >= 4 is 51.1 Å². The molecule has 1 heterocycles. The van der Waals surface area contributed by atoms with Gasteiger partial charge in [0.2, 0.25) is 0 Å². The Kier molecular flexibility index (Phi) is 8.59. The maximum Gasteiger partial charge on any atom is 0.341 e. The lowest BCUT2D eigenvalue weighted by Gasteiger charge is -2.12. The molecule has 1 aliphatic rings. The van der Waals surface area contributed by atoms with Gasteiger partial charge < -0.3 is 19.5 Å². The van der Waals surface area contributed by atoms with E-state index < -0.39 is 17.8 Å². The first-order valence-corrected chi connectivity index (χ1v) is 14.0. The molecule has 2 amide bonds. The molecule has 0 saturated carbocycles. The molecule has 0 aliphatic heterocycles. The Morgan fingerprint density at radius 2 is 1.83 bits per heavy atom. The van der Waals surface area contributed by atoms with E-state index in [2.05, 4.69) is 34.0 Å². The number of benzene rings is 3. The van der Waals surface area contributed by atoms with E-state index in [1.807, 2.05) is 24.3 Å². The Morgan fingerprint density at radius 1 is 1.00 bits per heavy atom. The first-order valence-electron chi connectivity index (χ1n) is 13.2. The number of hydrogen-bond donors (Lipinski definition) is 2. The third-order valence-corrected chi connectivity index (χ3v) is 7.87. The fraction of sp³-hybridized carbons (Fsp3) is 0.226. The number of hydrazone groups is 1. The van der Waals surface area contributed by atoms with Crippen LogP contribution in [-0.2, 0) is 33.8 Å². The topological polar surface area (TPSA) is 115 Å². The van der Waals surface area contributed by atoms with Gasteiger partial charge in [-0.15, -0.1) is 11.3 Å². The summed E-state index contributed by atoms with van der Waals surface area (Å²) >= 11 is 1.30. The zero-order valence-electron chi connectivity index (χ0n) is 22.7. The van der Waals surface area contributed by atoms with Crippen LogP contribution in [0.2, 0.25) is 0 Å². The molecular weight excluding hydrogens is 542 g/mol. The van der Waals surface area contributed by atoms with Crippen molar-refractivity contribution in [2.75, 3.05) is 19.0 Å². The van der Waals surface area contributed by atoms with Gasteiger partial charge >= 0.3 is 17.8 Å². The van der Waals surface area contributed by atoms with Gasteiger partial charge in [-0.1, -0.05) is 42.5 Å². The number of fused-ring (bicyclic) bond motifs is 2. The van der Waals surface area contributed by atoms with Crippen LogP contribution in [0.1, 0.15) is 45.3 Å². The van der Waals surface area contributed by atoms with Crippen LogP contribution < -0.4 is 20.2 Å². The summed E-state index contributed by atoms with van der Waals surface area (Å²) < 4.78 is 16.7. The Hall–Kier alpha value is -4.70. The highest BCUT2D eigenvalue weighted by Crippen LogP contribution is 2.39. The number of rotatable bonds is 9. The maximum absolute atomic E-state index is 12.6. The number of esters is 1. The molecule has 0 unspecified atom stereocenters. The minimum absolute atomic E-state index is 0.216. The quantitative estimate of drug-likeness (QED) is 0.123. The van der Waals surface area contributed by atoms with Crippen molar-refractivity contribution in [2.45, 2.75) is 32.8 Å².